The zero-order valence-corrected chi connectivity index (χ0v) is 15.4. The summed E-state index contributed by atoms with van der Waals surface area (Å²) in [7, 11) is 0. The van der Waals surface area contributed by atoms with E-state index >= 15 is 0 Å². The Balaban J connectivity index is 1.74. The average Bonchev–Trinajstić information content (AvgIpc) is 3.20. The summed E-state index contributed by atoms with van der Waals surface area (Å²) in [5, 5.41) is 3.37. The topological polar surface area (TPSA) is 65.8 Å². The fourth-order valence-electron chi connectivity index (χ4n) is 3.12. The molecule has 0 atom stereocenters. The van der Waals surface area contributed by atoms with Gasteiger partial charge in [-0.3, -0.25) is 4.79 Å². The molecule has 1 saturated heterocycles. The molecule has 0 unspecified atom stereocenters. The fraction of sp³-hybridized carbons (Fsp3) is 0.421. The maximum atomic E-state index is 11.5. The number of imidazole rings is 1. The minimum Gasteiger partial charge on any atom is -0.357 e. The molecule has 7 nitrogen and oxygen atoms in total. The third kappa shape index (κ3) is 4.22. The number of carbonyl (C=O) groups is 1. The van der Waals surface area contributed by atoms with Crippen LogP contribution in [-0.4, -0.2) is 63.9 Å². The normalized spacial score (nSPS) is 15.2. The van der Waals surface area contributed by atoms with E-state index in [1.54, 1.807) is 19.4 Å². The van der Waals surface area contributed by atoms with E-state index in [1.807, 2.05) is 27.8 Å². The molecule has 1 aromatic carbocycles. The van der Waals surface area contributed by atoms with Crippen molar-refractivity contribution < 1.29 is 4.79 Å². The molecule has 1 amide bonds. The van der Waals surface area contributed by atoms with E-state index in [0.717, 1.165) is 49.9 Å². The van der Waals surface area contributed by atoms with Gasteiger partial charge in [-0.05, 0) is 18.6 Å². The highest BCUT2D eigenvalue weighted by Gasteiger charge is 2.20. The first-order valence-corrected chi connectivity index (χ1v) is 9.04. The Morgan fingerprint density at radius 2 is 1.92 bits per heavy atom. The Kier molecular flexibility index (Phi) is 5.88. The maximum absolute atomic E-state index is 11.5. The van der Waals surface area contributed by atoms with Gasteiger partial charge < -0.3 is 19.7 Å². The largest absolute Gasteiger partial charge is 0.357 e. The van der Waals surface area contributed by atoms with Crippen molar-refractivity contribution in [1.29, 1.82) is 0 Å². The first-order valence-electron chi connectivity index (χ1n) is 9.04. The number of guanidine groups is 1. The third-order valence-electron chi connectivity index (χ3n) is 4.53. The zero-order valence-electron chi connectivity index (χ0n) is 15.4. The summed E-state index contributed by atoms with van der Waals surface area (Å²) in [6.07, 6.45) is 5.52. The van der Waals surface area contributed by atoms with Crippen LogP contribution in [0.1, 0.15) is 19.4 Å². The molecule has 1 aromatic heterocycles. The minimum atomic E-state index is 0.140. The van der Waals surface area contributed by atoms with Crippen LogP contribution in [0, 0.1) is 0 Å². The number of nitrogens with zero attached hydrogens (tertiary/aromatic N) is 5. The molecule has 0 saturated carbocycles. The highest BCUT2D eigenvalue weighted by molar-refractivity contribution is 5.80. The summed E-state index contributed by atoms with van der Waals surface area (Å²) in [5.74, 6) is 1.04. The average molecular weight is 354 g/mol. The van der Waals surface area contributed by atoms with E-state index in [2.05, 4.69) is 34.3 Å². The molecular weight excluding hydrogens is 328 g/mol. The summed E-state index contributed by atoms with van der Waals surface area (Å²) in [6.45, 7) is 8.18. The second kappa shape index (κ2) is 8.51. The van der Waals surface area contributed by atoms with Gasteiger partial charge in [0.1, 0.15) is 0 Å². The Hall–Kier alpha value is -2.83. The van der Waals surface area contributed by atoms with Gasteiger partial charge in [-0.15, -0.1) is 0 Å². The zero-order chi connectivity index (χ0) is 18.4. The van der Waals surface area contributed by atoms with Crippen LogP contribution in [0.3, 0.4) is 0 Å². The predicted octanol–water partition coefficient (Wildman–Crippen LogP) is 1.50. The van der Waals surface area contributed by atoms with Crippen LogP contribution in [0.25, 0.3) is 5.69 Å². The van der Waals surface area contributed by atoms with Crippen molar-refractivity contribution in [3.8, 4) is 5.69 Å². The molecule has 2 aromatic rings. The van der Waals surface area contributed by atoms with E-state index in [-0.39, 0.29) is 5.91 Å². The number of carbonyl (C=O) groups excluding carboxylic acids is 1. The van der Waals surface area contributed by atoms with E-state index < -0.39 is 0 Å². The number of benzene rings is 1. The number of amides is 1. The molecule has 26 heavy (non-hydrogen) atoms. The van der Waals surface area contributed by atoms with Gasteiger partial charge in [-0.2, -0.15) is 0 Å². The van der Waals surface area contributed by atoms with Crippen molar-refractivity contribution in [2.75, 3.05) is 32.7 Å². The summed E-state index contributed by atoms with van der Waals surface area (Å²) < 4.78 is 2.00. The Morgan fingerprint density at radius 3 is 2.58 bits per heavy atom. The lowest BCUT2D eigenvalue weighted by Crippen LogP contribution is -2.53. The van der Waals surface area contributed by atoms with Crippen LogP contribution in [0.2, 0.25) is 0 Å². The molecule has 0 aliphatic carbocycles. The smallest absolute Gasteiger partial charge is 0.219 e. The lowest BCUT2D eigenvalue weighted by Gasteiger charge is -2.36. The molecule has 0 radical (unpaired) electrons. The number of para-hydroxylation sites is 1. The Bertz CT molecular complexity index is 747. The van der Waals surface area contributed by atoms with Gasteiger partial charge in [0.05, 0.1) is 18.6 Å². The van der Waals surface area contributed by atoms with Crippen molar-refractivity contribution >= 4 is 11.9 Å². The number of hydrogen-bond donors (Lipinski definition) is 1. The Morgan fingerprint density at radius 1 is 1.19 bits per heavy atom. The second-order valence-electron chi connectivity index (χ2n) is 6.26. The van der Waals surface area contributed by atoms with E-state index in [0.29, 0.717) is 6.54 Å². The van der Waals surface area contributed by atoms with Crippen molar-refractivity contribution in [2.45, 2.75) is 20.4 Å². The number of hydrogen-bond acceptors (Lipinski definition) is 3. The van der Waals surface area contributed by atoms with Gasteiger partial charge in [0.15, 0.2) is 5.96 Å². The molecule has 0 spiro atoms. The molecular formula is C19H26N6O. The molecule has 2 heterocycles. The van der Waals surface area contributed by atoms with Crippen LogP contribution in [0.4, 0.5) is 0 Å². The van der Waals surface area contributed by atoms with Gasteiger partial charge in [0.25, 0.3) is 0 Å². The third-order valence-corrected chi connectivity index (χ3v) is 4.53. The second-order valence-corrected chi connectivity index (χ2v) is 6.26. The molecule has 1 aliphatic heterocycles. The monoisotopic (exact) mass is 354 g/mol. The predicted molar refractivity (Wildman–Crippen MR) is 102 cm³/mol. The van der Waals surface area contributed by atoms with Crippen molar-refractivity contribution in [2.24, 2.45) is 4.99 Å². The first kappa shape index (κ1) is 18.0. The molecule has 3 rings (SSSR count). The molecule has 138 valence electrons. The van der Waals surface area contributed by atoms with Gasteiger partial charge >= 0.3 is 0 Å². The first-order chi connectivity index (χ1) is 12.7. The highest BCUT2D eigenvalue weighted by atomic mass is 16.2. The number of aliphatic imine (C=N–C) groups is 1. The molecule has 1 aliphatic rings. The molecule has 0 bridgehead atoms. The summed E-state index contributed by atoms with van der Waals surface area (Å²) in [6, 6.07) is 8.22. The molecule has 1 fully saturated rings. The van der Waals surface area contributed by atoms with Gasteiger partial charge in [0, 0.05) is 52.0 Å². The fourth-order valence-corrected chi connectivity index (χ4v) is 3.12. The van der Waals surface area contributed by atoms with E-state index in [1.165, 1.54) is 0 Å². The van der Waals surface area contributed by atoms with Crippen molar-refractivity contribution in [3.05, 3.63) is 48.5 Å². The van der Waals surface area contributed by atoms with Crippen molar-refractivity contribution in [3.63, 3.8) is 0 Å². The molecule has 7 heteroatoms. The van der Waals surface area contributed by atoms with E-state index in [4.69, 9.17) is 4.99 Å². The van der Waals surface area contributed by atoms with Gasteiger partial charge in [-0.25, -0.2) is 9.98 Å². The number of aromatic nitrogens is 2. The maximum Gasteiger partial charge on any atom is 0.219 e. The summed E-state index contributed by atoms with van der Waals surface area (Å²) >= 11 is 0. The van der Waals surface area contributed by atoms with Crippen molar-refractivity contribution in [1.82, 2.24) is 24.7 Å². The van der Waals surface area contributed by atoms with E-state index in [9.17, 15) is 4.79 Å². The van der Waals surface area contributed by atoms with Crippen LogP contribution in [-0.2, 0) is 11.3 Å². The van der Waals surface area contributed by atoms with Crippen LogP contribution in [0.15, 0.2) is 48.0 Å². The number of piperazine rings is 1. The molecule has 1 N–H and O–H groups in total. The number of rotatable bonds is 4. The lowest BCUT2D eigenvalue weighted by molar-refractivity contribution is -0.130. The Labute approximate surface area is 154 Å². The quantitative estimate of drug-likeness (QED) is 0.668. The summed E-state index contributed by atoms with van der Waals surface area (Å²) in [5.41, 5.74) is 2.23. The van der Waals surface area contributed by atoms with Gasteiger partial charge in [0.2, 0.25) is 5.91 Å². The highest BCUT2D eigenvalue weighted by Crippen LogP contribution is 2.15. The standard InChI is InChI=1S/C19H26N6O/c1-3-21-19(24-12-10-23(11-13-24)16(2)26)22-14-17-6-4-5-7-18(17)25-9-8-20-15-25/h4-9,15H,3,10-14H2,1-2H3,(H,21,22). The lowest BCUT2D eigenvalue weighted by atomic mass is 10.2. The van der Waals surface area contributed by atoms with Crippen LogP contribution < -0.4 is 5.32 Å². The van der Waals surface area contributed by atoms with Gasteiger partial charge in [-0.1, -0.05) is 18.2 Å². The van der Waals surface area contributed by atoms with Crippen LogP contribution in [0.5, 0.6) is 0 Å². The SMILES string of the molecule is CCNC(=NCc1ccccc1-n1ccnc1)N1CCN(C(C)=O)CC1. The van der Waals surface area contributed by atoms with Crippen LogP contribution >= 0.6 is 0 Å². The number of nitrogens with one attached hydrogen (secondary N) is 1. The minimum absolute atomic E-state index is 0.140. The summed E-state index contributed by atoms with van der Waals surface area (Å²) in [4.78, 5) is 24.6.